The van der Waals surface area contributed by atoms with Gasteiger partial charge in [0.25, 0.3) is 5.91 Å². The van der Waals surface area contributed by atoms with Crippen molar-refractivity contribution in [3.05, 3.63) is 21.3 Å². The number of rotatable bonds is 5. The second-order valence-electron chi connectivity index (χ2n) is 5.39. The molecule has 9 heteroatoms. The van der Waals surface area contributed by atoms with E-state index >= 15 is 0 Å². The van der Waals surface area contributed by atoms with Crippen LogP contribution in [0.4, 0.5) is 4.79 Å². The van der Waals surface area contributed by atoms with Crippen molar-refractivity contribution >= 4 is 40.9 Å². The van der Waals surface area contributed by atoms with Gasteiger partial charge in [0.05, 0.1) is 9.90 Å². The molecule has 3 N–H and O–H groups in total. The minimum Gasteiger partial charge on any atom is -0.480 e. The number of nitrogens with one attached hydrogen (secondary N) is 2. The summed E-state index contributed by atoms with van der Waals surface area (Å²) in [5, 5.41) is 15.2. The van der Waals surface area contributed by atoms with Crippen LogP contribution < -0.4 is 10.6 Å². The van der Waals surface area contributed by atoms with Gasteiger partial charge in [0, 0.05) is 11.9 Å². The molecular weight excluding hydrogens is 332 g/mol. The average Bonchev–Trinajstić information content (AvgIpc) is 2.78. The smallest absolute Gasteiger partial charge is 0.408 e. The van der Waals surface area contributed by atoms with E-state index in [1.54, 1.807) is 26.2 Å². The Morgan fingerprint density at radius 2 is 2.05 bits per heavy atom. The zero-order valence-corrected chi connectivity index (χ0v) is 13.9. The molecular formula is C13H17ClN2O5S. The number of hydrogen-bond donors (Lipinski definition) is 3. The summed E-state index contributed by atoms with van der Waals surface area (Å²) in [6.07, 6.45) is -0.868. The lowest BCUT2D eigenvalue weighted by atomic mass is 10.2. The van der Waals surface area contributed by atoms with Gasteiger partial charge in [0.2, 0.25) is 0 Å². The van der Waals surface area contributed by atoms with Crippen LogP contribution in [0.25, 0.3) is 0 Å². The molecule has 1 heterocycles. The van der Waals surface area contributed by atoms with Crippen molar-refractivity contribution in [2.24, 2.45) is 0 Å². The Kier molecular flexibility index (Phi) is 6.19. The molecule has 2 amide bonds. The first-order valence-corrected chi connectivity index (χ1v) is 7.59. The zero-order valence-electron chi connectivity index (χ0n) is 12.3. The van der Waals surface area contributed by atoms with Crippen LogP contribution in [0.3, 0.4) is 0 Å². The SMILES string of the molecule is CC(C)(C)OC(=O)N[C@@H](CNC(=O)c1csc(Cl)c1)C(=O)O. The van der Waals surface area contributed by atoms with Crippen LogP contribution in [0, 0.1) is 0 Å². The Balaban J connectivity index is 2.56. The maximum absolute atomic E-state index is 11.8. The van der Waals surface area contributed by atoms with E-state index in [2.05, 4.69) is 10.6 Å². The fourth-order valence-electron chi connectivity index (χ4n) is 1.38. The molecule has 122 valence electrons. The lowest BCUT2D eigenvalue weighted by molar-refractivity contribution is -0.139. The molecule has 7 nitrogen and oxygen atoms in total. The third-order valence-corrected chi connectivity index (χ3v) is 3.38. The Bertz CT molecular complexity index is 567. The van der Waals surface area contributed by atoms with Gasteiger partial charge in [0.15, 0.2) is 0 Å². The highest BCUT2D eigenvalue weighted by atomic mass is 35.5. The number of carboxylic acids is 1. The van der Waals surface area contributed by atoms with Crippen LogP contribution in [-0.4, -0.2) is 41.3 Å². The summed E-state index contributed by atoms with van der Waals surface area (Å²) in [5.41, 5.74) is -0.416. The van der Waals surface area contributed by atoms with Crippen LogP contribution in [0.1, 0.15) is 31.1 Å². The highest BCUT2D eigenvalue weighted by Gasteiger charge is 2.24. The molecule has 0 unspecified atom stereocenters. The molecule has 1 rings (SSSR count). The first-order chi connectivity index (χ1) is 10.1. The average molecular weight is 349 g/mol. The van der Waals surface area contributed by atoms with Gasteiger partial charge in [-0.1, -0.05) is 11.6 Å². The van der Waals surface area contributed by atoms with Crippen molar-refractivity contribution in [2.75, 3.05) is 6.54 Å². The number of carbonyl (C=O) groups is 3. The largest absolute Gasteiger partial charge is 0.480 e. The number of ether oxygens (including phenoxy) is 1. The number of thiophene rings is 1. The fraction of sp³-hybridized carbons (Fsp3) is 0.462. The molecule has 1 aromatic heterocycles. The molecule has 0 aliphatic rings. The van der Waals surface area contributed by atoms with Crippen LogP contribution in [0.2, 0.25) is 4.34 Å². The van der Waals surface area contributed by atoms with Crippen molar-refractivity contribution < 1.29 is 24.2 Å². The number of carbonyl (C=O) groups excluding carboxylic acids is 2. The topological polar surface area (TPSA) is 105 Å². The number of aliphatic carboxylic acids is 1. The molecule has 0 fully saturated rings. The molecule has 0 spiro atoms. The molecule has 0 bridgehead atoms. The monoisotopic (exact) mass is 348 g/mol. The normalized spacial score (nSPS) is 12.4. The van der Waals surface area contributed by atoms with Crippen LogP contribution >= 0.6 is 22.9 Å². The molecule has 22 heavy (non-hydrogen) atoms. The van der Waals surface area contributed by atoms with Gasteiger partial charge < -0.3 is 20.5 Å². The van der Waals surface area contributed by atoms with Crippen molar-refractivity contribution in [1.29, 1.82) is 0 Å². The van der Waals surface area contributed by atoms with Gasteiger partial charge in [-0.05, 0) is 26.8 Å². The van der Waals surface area contributed by atoms with Gasteiger partial charge in [0.1, 0.15) is 11.6 Å². The standard InChI is InChI=1S/C13H17ClN2O5S/c1-13(2,3)21-12(20)16-8(11(18)19)5-15-10(17)7-4-9(14)22-6-7/h4,6,8H,5H2,1-3H3,(H,15,17)(H,16,20)(H,18,19)/t8-/m0/s1. The molecule has 0 aliphatic heterocycles. The summed E-state index contributed by atoms with van der Waals surface area (Å²) < 4.78 is 5.42. The minimum absolute atomic E-state index is 0.277. The van der Waals surface area contributed by atoms with E-state index in [-0.39, 0.29) is 6.54 Å². The van der Waals surface area contributed by atoms with E-state index in [9.17, 15) is 14.4 Å². The summed E-state index contributed by atoms with van der Waals surface area (Å²) in [6.45, 7) is 4.69. The lowest BCUT2D eigenvalue weighted by Gasteiger charge is -2.22. The number of hydrogen-bond acceptors (Lipinski definition) is 5. The van der Waals surface area contributed by atoms with Crippen LogP contribution in [0.5, 0.6) is 0 Å². The number of amides is 2. The maximum atomic E-state index is 11.8. The highest BCUT2D eigenvalue weighted by molar-refractivity contribution is 7.14. The molecule has 0 saturated carbocycles. The van der Waals surface area contributed by atoms with Gasteiger partial charge in [-0.25, -0.2) is 9.59 Å². The van der Waals surface area contributed by atoms with Crippen molar-refractivity contribution in [3.8, 4) is 0 Å². The third-order valence-electron chi connectivity index (χ3n) is 2.29. The van der Waals surface area contributed by atoms with E-state index in [0.29, 0.717) is 9.90 Å². The van der Waals surface area contributed by atoms with Gasteiger partial charge >= 0.3 is 12.1 Å². The Hall–Kier alpha value is -1.80. The summed E-state index contributed by atoms with van der Waals surface area (Å²) in [5.74, 6) is -1.75. The number of halogens is 1. The Morgan fingerprint density at radius 1 is 1.41 bits per heavy atom. The summed E-state index contributed by atoms with van der Waals surface area (Å²) in [4.78, 5) is 34.5. The molecule has 0 saturated heterocycles. The first-order valence-electron chi connectivity index (χ1n) is 6.33. The quantitative estimate of drug-likeness (QED) is 0.755. The van der Waals surface area contributed by atoms with E-state index in [1.807, 2.05) is 0 Å². The van der Waals surface area contributed by atoms with E-state index < -0.39 is 29.6 Å². The number of carboxylic acid groups (broad SMARTS) is 1. The van der Waals surface area contributed by atoms with Gasteiger partial charge in [-0.15, -0.1) is 11.3 Å². The highest BCUT2D eigenvalue weighted by Crippen LogP contribution is 2.19. The fourth-order valence-corrected chi connectivity index (χ4v) is 2.24. The van der Waals surface area contributed by atoms with Crippen molar-refractivity contribution in [3.63, 3.8) is 0 Å². The third kappa shape index (κ3) is 6.31. The minimum atomic E-state index is -1.30. The summed E-state index contributed by atoms with van der Waals surface area (Å²) in [6, 6.07) is 0.173. The molecule has 0 aromatic carbocycles. The van der Waals surface area contributed by atoms with Crippen LogP contribution in [0.15, 0.2) is 11.4 Å². The maximum Gasteiger partial charge on any atom is 0.408 e. The number of alkyl carbamates (subject to hydrolysis) is 1. The predicted molar refractivity (Wildman–Crippen MR) is 82.5 cm³/mol. The van der Waals surface area contributed by atoms with Crippen molar-refractivity contribution in [2.45, 2.75) is 32.4 Å². The zero-order chi connectivity index (χ0) is 16.9. The summed E-state index contributed by atoms with van der Waals surface area (Å²) in [7, 11) is 0. The molecule has 1 aromatic rings. The second-order valence-corrected chi connectivity index (χ2v) is 6.93. The molecule has 1 atom stereocenters. The lowest BCUT2D eigenvalue weighted by Crippen LogP contribution is -2.49. The molecule has 0 radical (unpaired) electrons. The van der Waals surface area contributed by atoms with E-state index in [0.717, 1.165) is 0 Å². The van der Waals surface area contributed by atoms with Gasteiger partial charge in [-0.2, -0.15) is 0 Å². The first kappa shape index (κ1) is 18.2. The van der Waals surface area contributed by atoms with E-state index in [1.165, 1.54) is 17.4 Å². The van der Waals surface area contributed by atoms with Gasteiger partial charge in [-0.3, -0.25) is 4.79 Å². The Labute approximate surface area is 136 Å². The summed E-state index contributed by atoms with van der Waals surface area (Å²) >= 11 is 6.91. The predicted octanol–water partition coefficient (Wildman–Crippen LogP) is 2.11. The van der Waals surface area contributed by atoms with Crippen LogP contribution in [-0.2, 0) is 9.53 Å². The second kappa shape index (κ2) is 7.46. The Morgan fingerprint density at radius 3 is 2.50 bits per heavy atom. The van der Waals surface area contributed by atoms with E-state index in [4.69, 9.17) is 21.4 Å². The molecule has 0 aliphatic carbocycles. The van der Waals surface area contributed by atoms with Crippen molar-refractivity contribution in [1.82, 2.24) is 10.6 Å².